The first-order valence-electron chi connectivity index (χ1n) is 8.11. The average Bonchev–Trinajstić information content (AvgIpc) is 2.59. The minimum Gasteiger partial charge on any atom is -0.507 e. The van der Waals surface area contributed by atoms with Gasteiger partial charge in [-0.05, 0) is 19.9 Å². The topological polar surface area (TPSA) is 78.1 Å². The Balaban J connectivity index is 2.17. The van der Waals surface area contributed by atoms with Gasteiger partial charge in [-0.1, -0.05) is 6.08 Å². The summed E-state index contributed by atoms with van der Waals surface area (Å²) in [5.41, 5.74) is 0.291. The number of methoxy groups -OCH3 is 2. The summed E-state index contributed by atoms with van der Waals surface area (Å²) < 4.78 is 22.5. The van der Waals surface area contributed by atoms with E-state index in [-0.39, 0.29) is 22.1 Å². The smallest absolute Gasteiger partial charge is 0.205 e. The predicted octanol–water partition coefficient (Wildman–Crippen LogP) is 3.85. The monoisotopic (exact) mass is 354 g/mol. The van der Waals surface area contributed by atoms with Crippen molar-refractivity contribution in [3.8, 4) is 23.0 Å². The lowest BCUT2D eigenvalue weighted by Crippen LogP contribution is -2.28. The van der Waals surface area contributed by atoms with Gasteiger partial charge in [0, 0.05) is 23.8 Å². The Morgan fingerprint density at radius 3 is 2.46 bits per heavy atom. The number of phenols is 1. The fraction of sp³-hybridized carbons (Fsp3) is 0.250. The van der Waals surface area contributed by atoms with Crippen LogP contribution in [0.15, 0.2) is 33.5 Å². The minimum absolute atomic E-state index is 0.101. The summed E-state index contributed by atoms with van der Waals surface area (Å²) in [5.74, 6) is 1.15. The van der Waals surface area contributed by atoms with E-state index < -0.39 is 5.60 Å². The molecule has 0 spiro atoms. The molecular formula is C20H18O6. The molecule has 1 N–H and O–H groups in total. The molecule has 6 heteroatoms. The molecular weight excluding hydrogens is 336 g/mol. The van der Waals surface area contributed by atoms with Crippen molar-refractivity contribution >= 4 is 28.0 Å². The van der Waals surface area contributed by atoms with Gasteiger partial charge in [0.15, 0.2) is 11.5 Å². The SMILES string of the molecule is COc1cc(O)c2c(=O)c3c4c(c(OC)cc3oc2c1)OC(C)(C)C=C4. The van der Waals surface area contributed by atoms with E-state index in [2.05, 4.69) is 0 Å². The van der Waals surface area contributed by atoms with Crippen LogP contribution in [0.4, 0.5) is 0 Å². The Bertz CT molecular complexity index is 1140. The Labute approximate surface area is 149 Å². The highest BCUT2D eigenvalue weighted by Gasteiger charge is 2.28. The molecule has 2 heterocycles. The van der Waals surface area contributed by atoms with E-state index in [9.17, 15) is 9.90 Å². The van der Waals surface area contributed by atoms with Crippen LogP contribution in [0.25, 0.3) is 28.0 Å². The molecule has 134 valence electrons. The number of fused-ring (bicyclic) bond motifs is 4. The Morgan fingerprint density at radius 2 is 1.77 bits per heavy atom. The Hall–Kier alpha value is -3.15. The number of hydrogen-bond acceptors (Lipinski definition) is 6. The maximum absolute atomic E-state index is 13.2. The van der Waals surface area contributed by atoms with Crippen LogP contribution >= 0.6 is 0 Å². The van der Waals surface area contributed by atoms with Gasteiger partial charge in [-0.3, -0.25) is 4.79 Å². The van der Waals surface area contributed by atoms with E-state index in [4.69, 9.17) is 18.6 Å². The van der Waals surface area contributed by atoms with Gasteiger partial charge in [-0.2, -0.15) is 0 Å². The second-order valence-electron chi connectivity index (χ2n) is 6.68. The molecule has 26 heavy (non-hydrogen) atoms. The van der Waals surface area contributed by atoms with E-state index in [0.29, 0.717) is 33.8 Å². The van der Waals surface area contributed by atoms with Crippen LogP contribution < -0.4 is 19.6 Å². The lowest BCUT2D eigenvalue weighted by molar-refractivity contribution is 0.152. The van der Waals surface area contributed by atoms with Gasteiger partial charge in [0.25, 0.3) is 0 Å². The molecule has 6 nitrogen and oxygen atoms in total. The molecule has 4 rings (SSSR count). The second-order valence-corrected chi connectivity index (χ2v) is 6.68. The zero-order valence-corrected chi connectivity index (χ0v) is 14.9. The summed E-state index contributed by atoms with van der Waals surface area (Å²) >= 11 is 0. The molecule has 0 saturated carbocycles. The van der Waals surface area contributed by atoms with E-state index in [1.165, 1.54) is 20.3 Å². The van der Waals surface area contributed by atoms with Crippen LogP contribution in [0, 0.1) is 0 Å². The van der Waals surface area contributed by atoms with Crippen LogP contribution in [-0.2, 0) is 0 Å². The molecule has 0 bridgehead atoms. The first-order chi connectivity index (χ1) is 12.3. The van der Waals surface area contributed by atoms with Crippen molar-refractivity contribution in [2.45, 2.75) is 19.4 Å². The standard InChI is InChI=1S/C20H18O6/c1-20(2)6-5-11-16-14(9-15(24-4)19(11)26-20)25-13-8-10(23-3)7-12(21)17(13)18(16)22/h5-9,21H,1-4H3. The highest BCUT2D eigenvalue weighted by molar-refractivity contribution is 6.00. The third-order valence-electron chi connectivity index (χ3n) is 4.45. The van der Waals surface area contributed by atoms with Gasteiger partial charge in [-0.25, -0.2) is 0 Å². The van der Waals surface area contributed by atoms with Crippen molar-refractivity contribution in [1.82, 2.24) is 0 Å². The van der Waals surface area contributed by atoms with E-state index in [1.54, 1.807) is 12.1 Å². The van der Waals surface area contributed by atoms with Crippen molar-refractivity contribution in [2.24, 2.45) is 0 Å². The highest BCUT2D eigenvalue weighted by Crippen LogP contribution is 2.43. The molecule has 1 aromatic heterocycles. The zero-order valence-electron chi connectivity index (χ0n) is 14.9. The molecule has 0 aliphatic carbocycles. The van der Waals surface area contributed by atoms with Crippen LogP contribution in [0.2, 0.25) is 0 Å². The lowest BCUT2D eigenvalue weighted by Gasteiger charge is -2.29. The van der Waals surface area contributed by atoms with Crippen LogP contribution in [-0.4, -0.2) is 24.9 Å². The lowest BCUT2D eigenvalue weighted by atomic mass is 9.98. The average molecular weight is 354 g/mol. The third kappa shape index (κ3) is 2.29. The fourth-order valence-electron chi connectivity index (χ4n) is 3.19. The van der Waals surface area contributed by atoms with Crippen LogP contribution in [0.3, 0.4) is 0 Å². The number of hydrogen-bond donors (Lipinski definition) is 1. The quantitative estimate of drug-likeness (QED) is 0.704. The van der Waals surface area contributed by atoms with E-state index in [0.717, 1.165) is 0 Å². The summed E-state index contributed by atoms with van der Waals surface area (Å²) in [5, 5.41) is 10.7. The molecule has 0 saturated heterocycles. The molecule has 2 aromatic carbocycles. The zero-order chi connectivity index (χ0) is 18.6. The van der Waals surface area contributed by atoms with Crippen molar-refractivity contribution in [2.75, 3.05) is 14.2 Å². The first kappa shape index (κ1) is 16.3. The Morgan fingerprint density at radius 1 is 1.04 bits per heavy atom. The molecule has 3 aromatic rings. The summed E-state index contributed by atoms with van der Waals surface area (Å²) in [4.78, 5) is 13.2. The molecule has 0 radical (unpaired) electrons. The third-order valence-corrected chi connectivity index (χ3v) is 4.45. The summed E-state index contributed by atoms with van der Waals surface area (Å²) in [6.45, 7) is 3.83. The summed E-state index contributed by atoms with van der Waals surface area (Å²) in [6, 6.07) is 4.58. The van der Waals surface area contributed by atoms with Gasteiger partial charge < -0.3 is 23.7 Å². The van der Waals surface area contributed by atoms with Crippen molar-refractivity contribution in [3.63, 3.8) is 0 Å². The van der Waals surface area contributed by atoms with Crippen LogP contribution in [0.5, 0.6) is 23.0 Å². The molecule has 0 unspecified atom stereocenters. The van der Waals surface area contributed by atoms with Crippen molar-refractivity contribution in [1.29, 1.82) is 0 Å². The second kappa shape index (κ2) is 5.42. The normalized spacial score (nSPS) is 14.9. The van der Waals surface area contributed by atoms with Gasteiger partial charge in [0.05, 0.1) is 19.6 Å². The van der Waals surface area contributed by atoms with Gasteiger partial charge in [0.1, 0.15) is 33.7 Å². The van der Waals surface area contributed by atoms with E-state index in [1.807, 2.05) is 26.0 Å². The molecule has 1 aliphatic rings. The number of ether oxygens (including phenoxy) is 3. The maximum Gasteiger partial charge on any atom is 0.205 e. The first-order valence-corrected chi connectivity index (χ1v) is 8.11. The van der Waals surface area contributed by atoms with Crippen molar-refractivity contribution in [3.05, 3.63) is 40.1 Å². The minimum atomic E-state index is -0.527. The fourth-order valence-corrected chi connectivity index (χ4v) is 3.19. The van der Waals surface area contributed by atoms with Gasteiger partial charge in [0.2, 0.25) is 5.43 Å². The summed E-state index contributed by atoms with van der Waals surface area (Å²) in [7, 11) is 3.01. The van der Waals surface area contributed by atoms with Crippen LogP contribution in [0.1, 0.15) is 19.4 Å². The molecule has 0 amide bonds. The maximum atomic E-state index is 13.2. The number of benzene rings is 2. The molecule has 1 aliphatic heterocycles. The van der Waals surface area contributed by atoms with Gasteiger partial charge in [-0.15, -0.1) is 0 Å². The number of aromatic hydroxyl groups is 1. The summed E-state index contributed by atoms with van der Waals surface area (Å²) in [6.07, 6.45) is 3.69. The van der Waals surface area contributed by atoms with Crippen molar-refractivity contribution < 1.29 is 23.7 Å². The molecule has 0 atom stereocenters. The number of phenolic OH excluding ortho intramolecular Hbond substituents is 1. The highest BCUT2D eigenvalue weighted by atomic mass is 16.5. The van der Waals surface area contributed by atoms with E-state index >= 15 is 0 Å². The molecule has 0 fully saturated rings. The Kier molecular flexibility index (Phi) is 3.41. The number of rotatable bonds is 2. The largest absolute Gasteiger partial charge is 0.507 e. The predicted molar refractivity (Wildman–Crippen MR) is 98.5 cm³/mol. The van der Waals surface area contributed by atoms with Gasteiger partial charge >= 0.3 is 0 Å².